The predicted octanol–water partition coefficient (Wildman–Crippen LogP) is 5.28. The van der Waals surface area contributed by atoms with E-state index in [0.717, 1.165) is 49.7 Å². The number of hydrogen-bond donors (Lipinski definition) is 1. The van der Waals surface area contributed by atoms with E-state index in [1.165, 1.54) is 11.1 Å². The van der Waals surface area contributed by atoms with Gasteiger partial charge < -0.3 is 19.4 Å². The van der Waals surface area contributed by atoms with Crippen molar-refractivity contribution in [3.05, 3.63) is 82.9 Å². The number of aryl methyl sites for hydroxylation is 1. The van der Waals surface area contributed by atoms with Crippen LogP contribution in [0, 0.1) is 5.92 Å². The maximum Gasteiger partial charge on any atom is 0.251 e. The molecule has 0 fully saturated rings. The lowest BCUT2D eigenvalue weighted by Gasteiger charge is -2.25. The molecule has 39 heavy (non-hydrogen) atoms. The van der Waals surface area contributed by atoms with Crippen molar-refractivity contribution in [2.75, 3.05) is 39.5 Å². The lowest BCUT2D eigenvalue weighted by atomic mass is 9.99. The average molecular weight is 533 g/mol. The smallest absolute Gasteiger partial charge is 0.251 e. The molecule has 210 valence electrons. The molecule has 1 aromatic heterocycles. The number of hydrogen-bond acceptors (Lipinski definition) is 5. The zero-order chi connectivity index (χ0) is 27.6. The summed E-state index contributed by atoms with van der Waals surface area (Å²) >= 11 is 0. The molecule has 1 aliphatic rings. The molecule has 1 N–H and O–H groups in total. The van der Waals surface area contributed by atoms with Crippen LogP contribution in [-0.4, -0.2) is 59.8 Å². The van der Waals surface area contributed by atoms with E-state index < -0.39 is 0 Å². The van der Waals surface area contributed by atoms with Gasteiger partial charge in [0.25, 0.3) is 5.91 Å². The maximum atomic E-state index is 13.0. The molecule has 0 saturated carbocycles. The summed E-state index contributed by atoms with van der Waals surface area (Å²) in [5.74, 6) is 2.79. The summed E-state index contributed by atoms with van der Waals surface area (Å²) in [6.07, 6.45) is 5.39. The first kappa shape index (κ1) is 28.8. The molecule has 0 radical (unpaired) electrons. The number of amides is 1. The van der Waals surface area contributed by atoms with E-state index in [-0.39, 0.29) is 5.91 Å². The Morgan fingerprint density at radius 1 is 1.05 bits per heavy atom. The molecule has 7 nitrogen and oxygen atoms in total. The van der Waals surface area contributed by atoms with Gasteiger partial charge >= 0.3 is 0 Å². The quantitative estimate of drug-likeness (QED) is 0.400. The summed E-state index contributed by atoms with van der Waals surface area (Å²) in [4.78, 5) is 19.9. The minimum Gasteiger partial charge on any atom is -0.491 e. The normalized spacial score (nSPS) is 15.0. The molecule has 0 atom stereocenters. The first-order valence-electron chi connectivity index (χ1n) is 14.3. The Morgan fingerprint density at radius 3 is 2.72 bits per heavy atom. The molecule has 1 aliphatic heterocycles. The zero-order valence-electron chi connectivity index (χ0n) is 24.0. The summed E-state index contributed by atoms with van der Waals surface area (Å²) in [6, 6.07) is 14.5. The van der Waals surface area contributed by atoms with Crippen molar-refractivity contribution in [3.63, 3.8) is 0 Å². The Bertz CT molecular complexity index is 1200. The fraction of sp³-hybridized carbons (Fsp3) is 0.500. The minimum atomic E-state index is -0.0617. The first-order chi connectivity index (χ1) is 18.9. The van der Waals surface area contributed by atoms with Crippen molar-refractivity contribution in [1.82, 2.24) is 19.8 Å². The number of aromatic nitrogens is 2. The number of benzene rings is 2. The third-order valence-corrected chi connectivity index (χ3v) is 6.90. The van der Waals surface area contributed by atoms with Crippen LogP contribution in [0.5, 0.6) is 5.75 Å². The fourth-order valence-electron chi connectivity index (χ4n) is 5.14. The van der Waals surface area contributed by atoms with Gasteiger partial charge in [-0.25, -0.2) is 4.98 Å². The Balaban J connectivity index is 1.44. The molecule has 0 unspecified atom stereocenters. The van der Waals surface area contributed by atoms with Gasteiger partial charge in [0, 0.05) is 63.0 Å². The molecular weight excluding hydrogens is 488 g/mol. The highest BCUT2D eigenvalue weighted by Gasteiger charge is 2.14. The highest BCUT2D eigenvalue weighted by molar-refractivity contribution is 5.94. The highest BCUT2D eigenvalue weighted by atomic mass is 16.5. The number of nitrogens with zero attached hydrogens (tertiary/aromatic N) is 3. The average Bonchev–Trinajstić information content (AvgIpc) is 3.37. The molecule has 3 aromatic rings. The largest absolute Gasteiger partial charge is 0.491 e. The molecule has 4 rings (SSSR count). The van der Waals surface area contributed by atoms with Gasteiger partial charge in [-0.2, -0.15) is 0 Å². The van der Waals surface area contributed by atoms with Gasteiger partial charge in [-0.05, 0) is 47.2 Å². The summed E-state index contributed by atoms with van der Waals surface area (Å²) in [6.45, 7) is 14.8. The Kier molecular flexibility index (Phi) is 10.6. The van der Waals surface area contributed by atoms with Crippen molar-refractivity contribution >= 4 is 5.91 Å². The molecule has 0 spiro atoms. The fourth-order valence-corrected chi connectivity index (χ4v) is 5.14. The van der Waals surface area contributed by atoms with Crippen LogP contribution < -0.4 is 10.1 Å². The second kappa shape index (κ2) is 14.3. The van der Waals surface area contributed by atoms with Crippen LogP contribution in [0.1, 0.15) is 72.9 Å². The van der Waals surface area contributed by atoms with E-state index in [9.17, 15) is 4.79 Å². The third kappa shape index (κ3) is 8.67. The van der Waals surface area contributed by atoms with Crippen LogP contribution in [0.2, 0.25) is 0 Å². The van der Waals surface area contributed by atoms with Crippen LogP contribution in [0.15, 0.2) is 54.9 Å². The van der Waals surface area contributed by atoms with E-state index in [0.29, 0.717) is 50.2 Å². The number of carbonyl (C=O) groups excluding carboxylic acids is 1. The molecule has 0 aliphatic carbocycles. The number of ether oxygens (including phenoxy) is 2. The van der Waals surface area contributed by atoms with Gasteiger partial charge in [0.2, 0.25) is 0 Å². The van der Waals surface area contributed by atoms with Gasteiger partial charge in [-0.15, -0.1) is 0 Å². The Labute approximate surface area is 233 Å². The van der Waals surface area contributed by atoms with Gasteiger partial charge in [-0.1, -0.05) is 52.0 Å². The number of carbonyl (C=O) groups is 1. The predicted molar refractivity (Wildman–Crippen MR) is 155 cm³/mol. The van der Waals surface area contributed by atoms with Gasteiger partial charge in [-0.3, -0.25) is 9.69 Å². The van der Waals surface area contributed by atoms with E-state index >= 15 is 0 Å². The summed E-state index contributed by atoms with van der Waals surface area (Å²) in [5.41, 5.74) is 4.17. The third-order valence-electron chi connectivity index (χ3n) is 6.90. The lowest BCUT2D eigenvalue weighted by molar-refractivity contribution is 0.0746. The van der Waals surface area contributed by atoms with Crippen molar-refractivity contribution in [1.29, 1.82) is 0 Å². The standard InChI is InChI=1S/C32H44N4O3/c1-24(2)22-35-15-16-38-17-18-39-30-10-9-28(21-29(30)20-26-7-5-8-27(19-26)23-35)32(37)34-11-6-13-36-14-12-33-31(36)25(3)4/h5,7-10,12,14,19,21,24-25H,6,11,13,15-18,20,22-23H2,1-4H3,(H,34,37). The van der Waals surface area contributed by atoms with Gasteiger partial charge in [0.1, 0.15) is 18.2 Å². The monoisotopic (exact) mass is 532 g/mol. The summed E-state index contributed by atoms with van der Waals surface area (Å²) in [7, 11) is 0. The number of fused-ring (bicyclic) bond motifs is 3. The number of rotatable bonds is 8. The van der Waals surface area contributed by atoms with Gasteiger partial charge in [0.05, 0.1) is 13.2 Å². The van der Waals surface area contributed by atoms with E-state index in [4.69, 9.17) is 9.47 Å². The maximum absolute atomic E-state index is 13.0. The van der Waals surface area contributed by atoms with Crippen LogP contribution in [0.3, 0.4) is 0 Å². The van der Waals surface area contributed by atoms with E-state index in [2.05, 4.69) is 71.7 Å². The van der Waals surface area contributed by atoms with E-state index in [1.54, 1.807) is 0 Å². The van der Waals surface area contributed by atoms with Crippen molar-refractivity contribution in [2.24, 2.45) is 5.92 Å². The Hall–Kier alpha value is -3.16. The Morgan fingerprint density at radius 2 is 1.90 bits per heavy atom. The molecular formula is C32H44N4O3. The molecule has 7 heteroatoms. The number of nitrogens with one attached hydrogen (secondary N) is 1. The second-order valence-corrected chi connectivity index (χ2v) is 11.2. The van der Waals surface area contributed by atoms with Gasteiger partial charge in [0.15, 0.2) is 0 Å². The molecule has 2 aromatic carbocycles. The molecule has 2 heterocycles. The highest BCUT2D eigenvalue weighted by Crippen LogP contribution is 2.25. The molecule has 2 bridgehead atoms. The molecule has 1 amide bonds. The minimum absolute atomic E-state index is 0.0617. The van der Waals surface area contributed by atoms with Crippen molar-refractivity contribution in [3.8, 4) is 5.75 Å². The zero-order valence-corrected chi connectivity index (χ0v) is 24.0. The lowest BCUT2D eigenvalue weighted by Crippen LogP contribution is -2.31. The van der Waals surface area contributed by atoms with E-state index in [1.807, 2.05) is 30.6 Å². The van der Waals surface area contributed by atoms with Crippen LogP contribution in [-0.2, 0) is 24.2 Å². The van der Waals surface area contributed by atoms with Crippen LogP contribution >= 0.6 is 0 Å². The second-order valence-electron chi connectivity index (χ2n) is 11.2. The molecule has 0 saturated heterocycles. The van der Waals surface area contributed by atoms with Crippen LogP contribution in [0.25, 0.3) is 0 Å². The first-order valence-corrected chi connectivity index (χ1v) is 14.3. The summed E-state index contributed by atoms with van der Waals surface area (Å²) in [5, 5.41) is 3.09. The summed E-state index contributed by atoms with van der Waals surface area (Å²) < 4.78 is 14.2. The van der Waals surface area contributed by atoms with Crippen molar-refractivity contribution in [2.45, 2.75) is 59.5 Å². The van der Waals surface area contributed by atoms with Crippen LogP contribution in [0.4, 0.5) is 0 Å². The SMILES string of the molecule is CC(C)CN1CCOCCOc2ccc(C(=O)NCCCn3ccnc3C(C)C)cc2Cc2cccc(c2)C1. The van der Waals surface area contributed by atoms with Crippen molar-refractivity contribution < 1.29 is 14.3 Å². The topological polar surface area (TPSA) is 68.6 Å². The number of imidazole rings is 1.